The lowest BCUT2D eigenvalue weighted by Crippen LogP contribution is -2.19. The van der Waals surface area contributed by atoms with Gasteiger partial charge in [-0.05, 0) is 17.9 Å². The van der Waals surface area contributed by atoms with E-state index >= 15 is 0 Å². The van der Waals surface area contributed by atoms with E-state index in [-0.39, 0.29) is 12.2 Å². The van der Waals surface area contributed by atoms with E-state index in [0.29, 0.717) is 23.7 Å². The van der Waals surface area contributed by atoms with Gasteiger partial charge in [-0.1, -0.05) is 82.3 Å². The number of aliphatic hydroxyl groups is 1. The fourth-order valence-electron chi connectivity index (χ4n) is 2.80. The molecule has 4 heteroatoms. The number of nitrogens with one attached hydrogen (secondary N) is 1. The molecule has 0 fully saturated rings. The smallest absolute Gasteiger partial charge is 0.270 e. The van der Waals surface area contributed by atoms with Crippen LogP contribution in [0.4, 0.5) is 0 Å². The molecule has 0 bridgehead atoms. The third kappa shape index (κ3) is 5.14. The quantitative estimate of drug-likeness (QED) is 0.682. The maximum atomic E-state index is 12.5. The number of nitrogens with zero attached hydrogens (tertiary/aromatic N) is 1. The molecule has 0 aliphatic carbocycles. The van der Waals surface area contributed by atoms with Gasteiger partial charge in [0.25, 0.3) is 5.56 Å². The summed E-state index contributed by atoms with van der Waals surface area (Å²) in [7, 11) is 0. The average molecular weight is 364 g/mol. The molecule has 0 atom stereocenters. The second-order valence-corrected chi connectivity index (χ2v) is 6.56. The van der Waals surface area contributed by atoms with Crippen LogP contribution >= 0.6 is 0 Å². The van der Waals surface area contributed by atoms with Crippen LogP contribution in [0, 0.1) is 5.92 Å². The number of rotatable bonds is 5. The third-order valence-electron chi connectivity index (χ3n) is 4.06. The summed E-state index contributed by atoms with van der Waals surface area (Å²) in [4.78, 5) is 20.2. The predicted molar refractivity (Wildman–Crippen MR) is 112 cm³/mol. The van der Waals surface area contributed by atoms with E-state index in [0.717, 1.165) is 22.4 Å². The van der Waals surface area contributed by atoms with Gasteiger partial charge >= 0.3 is 0 Å². The number of aromatic amines is 1. The summed E-state index contributed by atoms with van der Waals surface area (Å²) >= 11 is 0. The van der Waals surface area contributed by atoms with Crippen LogP contribution in [0.5, 0.6) is 0 Å². The van der Waals surface area contributed by atoms with Gasteiger partial charge in [-0.2, -0.15) is 0 Å². The van der Waals surface area contributed by atoms with Crippen molar-refractivity contribution in [3.05, 3.63) is 76.2 Å². The average Bonchev–Trinajstić information content (AvgIpc) is 2.71. The molecule has 2 N–H and O–H groups in total. The molecule has 27 heavy (non-hydrogen) atoms. The molecule has 0 unspecified atom stereocenters. The van der Waals surface area contributed by atoms with E-state index in [2.05, 4.69) is 18.8 Å². The molecule has 3 rings (SSSR count). The Kier molecular flexibility index (Phi) is 7.50. The summed E-state index contributed by atoms with van der Waals surface area (Å²) in [5, 5.41) is 9.23. The van der Waals surface area contributed by atoms with Gasteiger partial charge in [-0.25, -0.2) is 4.98 Å². The van der Waals surface area contributed by atoms with Gasteiger partial charge in [0.2, 0.25) is 0 Å². The summed E-state index contributed by atoms with van der Waals surface area (Å²) in [6.07, 6.45) is 0.638. The van der Waals surface area contributed by atoms with Crippen molar-refractivity contribution in [3.8, 4) is 22.5 Å². The molecule has 0 aliphatic heterocycles. The van der Waals surface area contributed by atoms with Crippen LogP contribution in [0.1, 0.15) is 39.0 Å². The van der Waals surface area contributed by atoms with E-state index in [1.165, 1.54) is 0 Å². The van der Waals surface area contributed by atoms with Crippen LogP contribution in [0.2, 0.25) is 0 Å². The van der Waals surface area contributed by atoms with Gasteiger partial charge in [0.1, 0.15) is 5.69 Å². The number of hydrogen-bond acceptors (Lipinski definition) is 3. The van der Waals surface area contributed by atoms with Gasteiger partial charge in [0.05, 0.1) is 18.0 Å². The molecular formula is C23H28N2O2. The van der Waals surface area contributed by atoms with Gasteiger partial charge in [0, 0.05) is 11.1 Å². The first kappa shape index (κ1) is 20.6. The lowest BCUT2D eigenvalue weighted by molar-refractivity contribution is 0.282. The zero-order valence-corrected chi connectivity index (χ0v) is 16.5. The zero-order valence-electron chi connectivity index (χ0n) is 16.5. The van der Waals surface area contributed by atoms with Crippen LogP contribution in [0.3, 0.4) is 0 Å². The van der Waals surface area contributed by atoms with E-state index in [1.807, 2.05) is 68.4 Å². The maximum absolute atomic E-state index is 12.5. The van der Waals surface area contributed by atoms with Gasteiger partial charge in [0.15, 0.2) is 0 Å². The summed E-state index contributed by atoms with van der Waals surface area (Å²) in [5.74, 6) is 0.354. The van der Waals surface area contributed by atoms with Crippen molar-refractivity contribution in [3.63, 3.8) is 0 Å². The van der Waals surface area contributed by atoms with Crippen LogP contribution in [0.25, 0.3) is 22.5 Å². The first-order chi connectivity index (χ1) is 13.1. The molecule has 0 amide bonds. The Hall–Kier alpha value is -2.72. The largest absolute Gasteiger partial charge is 0.392 e. The summed E-state index contributed by atoms with van der Waals surface area (Å²) in [6.45, 7) is 8.14. The van der Waals surface area contributed by atoms with Crippen LogP contribution in [0.15, 0.2) is 59.4 Å². The number of hydrogen-bond donors (Lipinski definition) is 2. The van der Waals surface area contributed by atoms with Crippen LogP contribution < -0.4 is 5.56 Å². The molecule has 0 spiro atoms. The molecule has 142 valence electrons. The van der Waals surface area contributed by atoms with Gasteiger partial charge in [-0.15, -0.1) is 0 Å². The standard InChI is InChI=1S/C21H22N2O2.C2H6/c1-14(2)12-18-21(25)23-20(17-10-8-15(13-24)9-11-17)19(22-18)16-6-4-3-5-7-16;1-2/h3-11,14,24H,12-13H2,1-2H3,(H,23,25);1-2H3. The highest BCUT2D eigenvalue weighted by molar-refractivity contribution is 5.77. The minimum Gasteiger partial charge on any atom is -0.392 e. The minimum absolute atomic E-state index is 0.00603. The molecule has 1 aromatic heterocycles. The summed E-state index contributed by atoms with van der Waals surface area (Å²) in [6, 6.07) is 17.4. The molecule has 0 saturated carbocycles. The van der Waals surface area contributed by atoms with Crippen LogP contribution in [-0.4, -0.2) is 15.1 Å². The Bertz CT molecular complexity index is 898. The monoisotopic (exact) mass is 364 g/mol. The highest BCUT2D eigenvalue weighted by atomic mass is 16.3. The first-order valence-electron chi connectivity index (χ1n) is 9.47. The molecule has 2 aromatic carbocycles. The Labute approximate surface area is 161 Å². The SMILES string of the molecule is CC.CC(C)Cc1nc(-c2ccccc2)c(-c2ccc(CO)cc2)[nH]c1=O. The Morgan fingerprint density at radius 1 is 0.963 bits per heavy atom. The molecule has 0 aliphatic rings. The molecule has 0 radical (unpaired) electrons. The van der Waals surface area contributed by atoms with Crippen molar-refractivity contribution in [1.82, 2.24) is 9.97 Å². The van der Waals surface area contributed by atoms with Crippen LogP contribution in [-0.2, 0) is 13.0 Å². The van der Waals surface area contributed by atoms with Crippen molar-refractivity contribution < 1.29 is 5.11 Å². The van der Waals surface area contributed by atoms with Crippen molar-refractivity contribution in [2.24, 2.45) is 5.92 Å². The summed E-state index contributed by atoms with van der Waals surface area (Å²) in [5.41, 5.74) is 4.55. The Morgan fingerprint density at radius 2 is 1.59 bits per heavy atom. The molecule has 0 saturated heterocycles. The van der Waals surface area contributed by atoms with Crippen molar-refractivity contribution in [1.29, 1.82) is 0 Å². The van der Waals surface area contributed by atoms with Gasteiger partial charge < -0.3 is 10.1 Å². The van der Waals surface area contributed by atoms with E-state index in [1.54, 1.807) is 0 Å². The zero-order chi connectivity index (χ0) is 19.8. The van der Waals surface area contributed by atoms with E-state index in [9.17, 15) is 9.90 Å². The molecule has 1 heterocycles. The minimum atomic E-state index is -0.144. The van der Waals surface area contributed by atoms with Crippen molar-refractivity contribution >= 4 is 0 Å². The fraction of sp³-hybridized carbons (Fsp3) is 0.304. The molecule has 4 nitrogen and oxygen atoms in total. The third-order valence-corrected chi connectivity index (χ3v) is 4.06. The normalized spacial score (nSPS) is 10.4. The molecule has 3 aromatic rings. The topological polar surface area (TPSA) is 66.0 Å². The Balaban J connectivity index is 0.00000126. The Morgan fingerprint density at radius 3 is 2.15 bits per heavy atom. The number of aliphatic hydroxyl groups excluding tert-OH is 1. The van der Waals surface area contributed by atoms with Crippen molar-refractivity contribution in [2.45, 2.75) is 40.7 Å². The highest BCUT2D eigenvalue weighted by Gasteiger charge is 2.15. The summed E-state index contributed by atoms with van der Waals surface area (Å²) < 4.78 is 0. The predicted octanol–water partition coefficient (Wildman–Crippen LogP) is 4.82. The second kappa shape index (κ2) is 9.83. The molecular weight excluding hydrogens is 336 g/mol. The van der Waals surface area contributed by atoms with E-state index < -0.39 is 0 Å². The van der Waals surface area contributed by atoms with Crippen molar-refractivity contribution in [2.75, 3.05) is 0 Å². The second-order valence-electron chi connectivity index (χ2n) is 6.56. The number of aromatic nitrogens is 2. The number of H-pyrrole nitrogens is 1. The lowest BCUT2D eigenvalue weighted by atomic mass is 10.0. The number of benzene rings is 2. The highest BCUT2D eigenvalue weighted by Crippen LogP contribution is 2.28. The lowest BCUT2D eigenvalue weighted by Gasteiger charge is -2.12. The van der Waals surface area contributed by atoms with E-state index in [4.69, 9.17) is 4.98 Å². The maximum Gasteiger partial charge on any atom is 0.270 e. The van der Waals surface area contributed by atoms with Gasteiger partial charge in [-0.3, -0.25) is 4.79 Å². The first-order valence-corrected chi connectivity index (χ1v) is 9.47. The fourth-order valence-corrected chi connectivity index (χ4v) is 2.80.